The lowest BCUT2D eigenvalue weighted by atomic mass is 10.1. The molecular weight excluding hydrogens is 582 g/mol. The van der Waals surface area contributed by atoms with Gasteiger partial charge >= 0.3 is 0 Å². The number of rotatable bonds is 10. The van der Waals surface area contributed by atoms with Gasteiger partial charge in [-0.3, -0.25) is 9.69 Å². The third-order valence-corrected chi connectivity index (χ3v) is 9.48. The number of piperidine rings is 1. The van der Waals surface area contributed by atoms with Crippen LogP contribution in [-0.4, -0.2) is 54.0 Å². The average molecular weight is 618 g/mol. The Balaban J connectivity index is 0.00000462. The smallest absolute Gasteiger partial charge is 0.250 e. The van der Waals surface area contributed by atoms with E-state index in [0.29, 0.717) is 11.3 Å². The third-order valence-electron chi connectivity index (χ3n) is 6.94. The van der Waals surface area contributed by atoms with E-state index in [0.717, 1.165) is 31.5 Å². The van der Waals surface area contributed by atoms with Crippen molar-refractivity contribution in [2.45, 2.75) is 42.1 Å². The molecule has 1 heterocycles. The maximum atomic E-state index is 12.8. The number of carbonyl (C=O) groups excluding carboxylic acids is 1. The molecule has 4 rings (SSSR count). The summed E-state index contributed by atoms with van der Waals surface area (Å²) in [4.78, 5) is 16.8. The first kappa shape index (κ1) is 32.5. The van der Waals surface area contributed by atoms with E-state index >= 15 is 0 Å². The van der Waals surface area contributed by atoms with Gasteiger partial charge in [0.05, 0.1) is 9.79 Å². The molecule has 220 valence electrons. The fraction of sp³-hybridized carbons (Fsp3) is 0.300. The van der Waals surface area contributed by atoms with Gasteiger partial charge in [-0.2, -0.15) is 0 Å². The predicted octanol–water partition coefficient (Wildman–Crippen LogP) is 4.65. The number of sulfone groups is 1. The molecule has 1 aliphatic heterocycles. The normalized spacial score (nSPS) is 14.5. The van der Waals surface area contributed by atoms with E-state index < -0.39 is 19.9 Å². The van der Waals surface area contributed by atoms with Crippen molar-refractivity contribution in [1.29, 1.82) is 0 Å². The molecule has 1 saturated heterocycles. The van der Waals surface area contributed by atoms with Crippen molar-refractivity contribution in [3.8, 4) is 0 Å². The molecule has 0 aromatic heterocycles. The highest BCUT2D eigenvalue weighted by molar-refractivity contribution is 7.90. The molecule has 11 heteroatoms. The number of hydrogen-bond donors (Lipinski definition) is 1. The fourth-order valence-corrected chi connectivity index (χ4v) is 6.13. The van der Waals surface area contributed by atoms with Crippen molar-refractivity contribution in [2.24, 2.45) is 0 Å². The van der Waals surface area contributed by atoms with Crippen LogP contribution in [0.2, 0.25) is 0 Å². The van der Waals surface area contributed by atoms with Crippen LogP contribution in [0.4, 0.5) is 5.69 Å². The first-order valence-corrected chi connectivity index (χ1v) is 16.5. The van der Waals surface area contributed by atoms with Crippen molar-refractivity contribution < 1.29 is 21.6 Å². The summed E-state index contributed by atoms with van der Waals surface area (Å²) in [6.45, 7) is 3.36. The number of nitrogens with one attached hydrogen (secondary N) is 1. The van der Waals surface area contributed by atoms with Gasteiger partial charge in [-0.05, 0) is 85.1 Å². The molecule has 0 saturated carbocycles. The van der Waals surface area contributed by atoms with Crippen LogP contribution in [-0.2, 0) is 37.7 Å². The standard InChI is InChI=1S/C30H35N3O5S2.ClH/c1-32(30(34)19-12-24-10-15-28(16-11-24)39(2,35)36)27-13-17-29(18-14-27)40(37,38)31-22-25-6-8-26(9-7-25)23-33-20-4-3-5-21-33;/h6-19,31H,3-5,20-23H2,1-2H3;1H/b19-12+;. The van der Waals surface area contributed by atoms with Crippen LogP contribution >= 0.6 is 12.4 Å². The number of carbonyl (C=O) groups is 1. The zero-order chi connectivity index (χ0) is 28.8. The molecule has 3 aromatic carbocycles. The molecule has 1 aliphatic rings. The zero-order valence-corrected chi connectivity index (χ0v) is 25.6. The number of anilines is 1. The van der Waals surface area contributed by atoms with E-state index in [2.05, 4.69) is 21.8 Å². The van der Waals surface area contributed by atoms with E-state index in [1.807, 2.05) is 12.1 Å². The van der Waals surface area contributed by atoms with Crippen LogP contribution in [0.3, 0.4) is 0 Å². The molecule has 41 heavy (non-hydrogen) atoms. The quantitative estimate of drug-likeness (QED) is 0.332. The maximum Gasteiger partial charge on any atom is 0.250 e. The molecule has 0 atom stereocenters. The van der Waals surface area contributed by atoms with E-state index in [-0.39, 0.29) is 34.6 Å². The molecule has 3 aromatic rings. The lowest BCUT2D eigenvalue weighted by Gasteiger charge is -2.26. The van der Waals surface area contributed by atoms with Crippen LogP contribution in [0.15, 0.2) is 88.7 Å². The second-order valence-corrected chi connectivity index (χ2v) is 13.8. The Labute approximate surface area is 249 Å². The minimum atomic E-state index is -3.73. The van der Waals surface area contributed by atoms with Crippen molar-refractivity contribution in [3.63, 3.8) is 0 Å². The topological polar surface area (TPSA) is 104 Å². The molecule has 1 N–H and O–H groups in total. The summed E-state index contributed by atoms with van der Waals surface area (Å²) in [7, 11) is -5.43. The molecule has 0 unspecified atom stereocenters. The van der Waals surface area contributed by atoms with Gasteiger partial charge in [0.15, 0.2) is 9.84 Å². The van der Waals surface area contributed by atoms with Crippen LogP contribution in [0, 0.1) is 0 Å². The van der Waals surface area contributed by atoms with Crippen molar-refractivity contribution in [1.82, 2.24) is 9.62 Å². The zero-order valence-electron chi connectivity index (χ0n) is 23.2. The molecule has 0 bridgehead atoms. The maximum absolute atomic E-state index is 12.8. The number of likely N-dealkylation sites (tertiary alicyclic amines) is 1. The Hall–Kier alpha value is -3.02. The largest absolute Gasteiger partial charge is 0.312 e. The van der Waals surface area contributed by atoms with E-state index in [1.54, 1.807) is 37.4 Å². The summed E-state index contributed by atoms with van der Waals surface area (Å²) in [6, 6.07) is 20.3. The van der Waals surface area contributed by atoms with Gasteiger partial charge in [-0.15, -0.1) is 12.4 Å². The molecule has 8 nitrogen and oxygen atoms in total. The molecule has 0 spiro atoms. The van der Waals surface area contributed by atoms with Crippen molar-refractivity contribution in [2.75, 3.05) is 31.3 Å². The molecular formula is C30H36ClN3O5S2. The first-order valence-electron chi connectivity index (χ1n) is 13.2. The number of hydrogen-bond acceptors (Lipinski definition) is 6. The third kappa shape index (κ3) is 9.24. The molecule has 1 amide bonds. The predicted molar refractivity (Wildman–Crippen MR) is 165 cm³/mol. The van der Waals surface area contributed by atoms with E-state index in [9.17, 15) is 21.6 Å². The first-order chi connectivity index (χ1) is 19.0. The second-order valence-electron chi connectivity index (χ2n) is 10.0. The van der Waals surface area contributed by atoms with E-state index in [4.69, 9.17) is 0 Å². The Morgan fingerprint density at radius 3 is 1.98 bits per heavy atom. The van der Waals surface area contributed by atoms with Crippen molar-refractivity contribution >= 4 is 49.9 Å². The minimum Gasteiger partial charge on any atom is -0.312 e. The van der Waals surface area contributed by atoms with Gasteiger partial charge in [0.25, 0.3) is 5.91 Å². The number of sulfonamides is 1. The second kappa shape index (κ2) is 14.2. The summed E-state index contributed by atoms with van der Waals surface area (Å²) in [5.74, 6) is -0.315. The summed E-state index contributed by atoms with van der Waals surface area (Å²) in [5, 5.41) is 0. The van der Waals surface area contributed by atoms with E-state index in [1.165, 1.54) is 60.1 Å². The van der Waals surface area contributed by atoms with Crippen LogP contribution in [0.1, 0.15) is 36.0 Å². The number of amides is 1. The van der Waals surface area contributed by atoms with Gasteiger partial charge in [0.2, 0.25) is 10.0 Å². The molecule has 0 aliphatic carbocycles. The number of halogens is 1. The van der Waals surface area contributed by atoms with Crippen LogP contribution in [0.25, 0.3) is 6.08 Å². The van der Waals surface area contributed by atoms with Gasteiger partial charge in [-0.1, -0.05) is 42.8 Å². The average Bonchev–Trinajstić information content (AvgIpc) is 2.95. The molecule has 1 fully saturated rings. The highest BCUT2D eigenvalue weighted by atomic mass is 35.5. The highest BCUT2D eigenvalue weighted by Gasteiger charge is 2.16. The summed E-state index contributed by atoms with van der Waals surface area (Å²) in [5.41, 5.74) is 3.32. The monoisotopic (exact) mass is 617 g/mol. The molecule has 0 radical (unpaired) electrons. The Morgan fingerprint density at radius 2 is 1.39 bits per heavy atom. The Kier molecular flexibility index (Phi) is 11.3. The fourth-order valence-electron chi connectivity index (χ4n) is 4.48. The van der Waals surface area contributed by atoms with Gasteiger partial charge in [0.1, 0.15) is 0 Å². The highest BCUT2D eigenvalue weighted by Crippen LogP contribution is 2.19. The van der Waals surface area contributed by atoms with Gasteiger partial charge in [-0.25, -0.2) is 21.6 Å². The Bertz CT molecular complexity index is 1550. The number of likely N-dealkylation sites (N-methyl/N-ethyl adjacent to an activating group) is 1. The van der Waals surface area contributed by atoms with Crippen LogP contribution in [0.5, 0.6) is 0 Å². The summed E-state index contributed by atoms with van der Waals surface area (Å²) < 4.78 is 51.5. The van der Waals surface area contributed by atoms with Gasteiger partial charge in [0, 0.05) is 38.2 Å². The summed E-state index contributed by atoms with van der Waals surface area (Å²) >= 11 is 0. The van der Waals surface area contributed by atoms with Crippen molar-refractivity contribution in [3.05, 3.63) is 95.6 Å². The number of benzene rings is 3. The van der Waals surface area contributed by atoms with Gasteiger partial charge < -0.3 is 4.90 Å². The van der Waals surface area contributed by atoms with Crippen LogP contribution < -0.4 is 9.62 Å². The lowest BCUT2D eigenvalue weighted by molar-refractivity contribution is -0.113. The minimum absolute atomic E-state index is 0. The lowest BCUT2D eigenvalue weighted by Crippen LogP contribution is -2.29. The SMILES string of the molecule is CN(C(=O)/C=C/c1ccc(S(C)(=O)=O)cc1)c1ccc(S(=O)(=O)NCc2ccc(CN3CCCCC3)cc2)cc1.Cl. The summed E-state index contributed by atoms with van der Waals surface area (Å²) in [6.07, 6.45) is 7.90. The number of nitrogens with zero attached hydrogens (tertiary/aromatic N) is 2. The Morgan fingerprint density at radius 1 is 0.829 bits per heavy atom.